The van der Waals surface area contributed by atoms with E-state index in [0.29, 0.717) is 28.0 Å². The molecule has 0 bridgehead atoms. The normalized spacial score (nSPS) is 17.8. The van der Waals surface area contributed by atoms with E-state index < -0.39 is 12.0 Å². The van der Waals surface area contributed by atoms with Crippen molar-refractivity contribution in [1.29, 1.82) is 0 Å². The third-order valence-corrected chi connectivity index (χ3v) is 5.57. The molecule has 1 N–H and O–H groups in total. The van der Waals surface area contributed by atoms with Crippen LogP contribution in [0.15, 0.2) is 23.6 Å². The number of thiazole rings is 1. The Balaban J connectivity index is 1.85. The number of hydrogen-bond acceptors (Lipinski definition) is 4. The number of likely N-dealkylation sites (tertiary alicyclic amines) is 1. The van der Waals surface area contributed by atoms with Crippen LogP contribution in [0.5, 0.6) is 0 Å². The first-order valence-electron chi connectivity index (χ1n) is 7.42. The molecule has 1 saturated heterocycles. The molecule has 126 valence electrons. The van der Waals surface area contributed by atoms with E-state index in [1.165, 1.54) is 16.2 Å². The molecule has 0 aliphatic carbocycles. The van der Waals surface area contributed by atoms with Crippen molar-refractivity contribution < 1.29 is 14.7 Å². The number of piperidine rings is 1. The summed E-state index contributed by atoms with van der Waals surface area (Å²) in [5, 5.41) is 12.5. The Bertz CT molecular complexity index is 793. The summed E-state index contributed by atoms with van der Waals surface area (Å²) in [4.78, 5) is 29.8. The number of benzene rings is 1. The van der Waals surface area contributed by atoms with Crippen molar-refractivity contribution in [3.63, 3.8) is 0 Å². The summed E-state index contributed by atoms with van der Waals surface area (Å²) in [6.07, 6.45) is 2.09. The molecule has 1 aromatic heterocycles. The molecule has 3 rings (SSSR count). The second-order valence-corrected chi connectivity index (χ2v) is 7.19. The van der Waals surface area contributed by atoms with Gasteiger partial charge in [0.2, 0.25) is 0 Å². The van der Waals surface area contributed by atoms with Crippen LogP contribution in [0.25, 0.3) is 10.6 Å². The fourth-order valence-electron chi connectivity index (χ4n) is 2.71. The van der Waals surface area contributed by atoms with E-state index in [0.717, 1.165) is 18.4 Å². The number of amides is 1. The minimum absolute atomic E-state index is 0.259. The zero-order valence-electron chi connectivity index (χ0n) is 12.5. The van der Waals surface area contributed by atoms with E-state index in [-0.39, 0.29) is 11.6 Å². The molecule has 0 radical (unpaired) electrons. The number of rotatable bonds is 3. The number of carboxylic acids is 1. The molecule has 0 saturated carbocycles. The van der Waals surface area contributed by atoms with Crippen LogP contribution in [0.2, 0.25) is 10.0 Å². The highest BCUT2D eigenvalue weighted by Crippen LogP contribution is 2.31. The van der Waals surface area contributed by atoms with Crippen molar-refractivity contribution in [2.45, 2.75) is 25.3 Å². The Morgan fingerprint density at radius 1 is 1.25 bits per heavy atom. The van der Waals surface area contributed by atoms with Gasteiger partial charge in [-0.2, -0.15) is 0 Å². The monoisotopic (exact) mass is 384 g/mol. The molecule has 5 nitrogen and oxygen atoms in total. The van der Waals surface area contributed by atoms with Crippen molar-refractivity contribution >= 4 is 46.4 Å². The van der Waals surface area contributed by atoms with Crippen molar-refractivity contribution in [3.05, 3.63) is 39.3 Å². The van der Waals surface area contributed by atoms with Gasteiger partial charge in [0.05, 0.1) is 10.0 Å². The molecular weight excluding hydrogens is 371 g/mol. The first-order chi connectivity index (χ1) is 11.5. The summed E-state index contributed by atoms with van der Waals surface area (Å²) >= 11 is 13.2. The molecule has 8 heteroatoms. The number of nitrogens with zero attached hydrogens (tertiary/aromatic N) is 2. The molecule has 2 aromatic rings. The zero-order chi connectivity index (χ0) is 17.3. The minimum atomic E-state index is -0.969. The first kappa shape index (κ1) is 17.2. The molecule has 1 unspecified atom stereocenters. The summed E-state index contributed by atoms with van der Waals surface area (Å²) < 4.78 is 0. The summed E-state index contributed by atoms with van der Waals surface area (Å²) in [7, 11) is 0. The molecule has 1 atom stereocenters. The molecule has 2 heterocycles. The van der Waals surface area contributed by atoms with E-state index in [9.17, 15) is 14.7 Å². The molecule has 24 heavy (non-hydrogen) atoms. The number of aliphatic carboxylic acids is 1. The maximum atomic E-state index is 12.6. The first-order valence-corrected chi connectivity index (χ1v) is 9.05. The van der Waals surface area contributed by atoms with Crippen LogP contribution in [-0.4, -0.2) is 39.5 Å². The third kappa shape index (κ3) is 3.41. The molecule has 0 spiro atoms. The lowest BCUT2D eigenvalue weighted by atomic mass is 10.0. The highest BCUT2D eigenvalue weighted by Gasteiger charge is 2.33. The second-order valence-electron chi connectivity index (χ2n) is 5.52. The van der Waals surface area contributed by atoms with Gasteiger partial charge in [0, 0.05) is 17.5 Å². The van der Waals surface area contributed by atoms with Gasteiger partial charge in [-0.05, 0) is 31.4 Å². The van der Waals surface area contributed by atoms with Gasteiger partial charge in [0.1, 0.15) is 16.7 Å². The number of carboxylic acid groups (broad SMARTS) is 1. The van der Waals surface area contributed by atoms with Crippen LogP contribution in [0.1, 0.15) is 29.8 Å². The third-order valence-electron chi connectivity index (χ3n) is 3.94. The Kier molecular flexibility index (Phi) is 5.08. The van der Waals surface area contributed by atoms with Crippen molar-refractivity contribution in [1.82, 2.24) is 9.88 Å². The summed E-state index contributed by atoms with van der Waals surface area (Å²) in [5.74, 6) is -1.31. The maximum absolute atomic E-state index is 12.6. The maximum Gasteiger partial charge on any atom is 0.326 e. The average molecular weight is 385 g/mol. The van der Waals surface area contributed by atoms with E-state index >= 15 is 0 Å². The lowest BCUT2D eigenvalue weighted by Crippen LogP contribution is -2.48. The van der Waals surface area contributed by atoms with E-state index in [1.807, 2.05) is 0 Å². The van der Waals surface area contributed by atoms with Crippen LogP contribution in [0.3, 0.4) is 0 Å². The van der Waals surface area contributed by atoms with Crippen LogP contribution in [-0.2, 0) is 4.79 Å². The Labute approximate surface area is 152 Å². The van der Waals surface area contributed by atoms with Crippen molar-refractivity contribution in [2.75, 3.05) is 6.54 Å². The van der Waals surface area contributed by atoms with E-state index in [4.69, 9.17) is 23.2 Å². The quantitative estimate of drug-likeness (QED) is 0.860. The van der Waals surface area contributed by atoms with Crippen LogP contribution in [0, 0.1) is 0 Å². The van der Waals surface area contributed by atoms with Gasteiger partial charge < -0.3 is 10.0 Å². The van der Waals surface area contributed by atoms with Crippen LogP contribution < -0.4 is 0 Å². The Morgan fingerprint density at radius 2 is 2.04 bits per heavy atom. The number of carbonyl (C=O) groups excluding carboxylic acids is 1. The Hall–Kier alpha value is -1.63. The smallest absolute Gasteiger partial charge is 0.326 e. The summed E-state index contributed by atoms with van der Waals surface area (Å²) in [6.45, 7) is 0.440. The summed E-state index contributed by atoms with van der Waals surface area (Å²) in [5.41, 5.74) is 1.02. The molecule has 1 fully saturated rings. The van der Waals surface area contributed by atoms with Crippen molar-refractivity contribution in [3.8, 4) is 10.6 Å². The summed E-state index contributed by atoms with van der Waals surface area (Å²) in [6, 6.07) is 4.37. The van der Waals surface area contributed by atoms with Gasteiger partial charge in [0.15, 0.2) is 0 Å². The zero-order valence-corrected chi connectivity index (χ0v) is 14.9. The van der Waals surface area contributed by atoms with E-state index in [2.05, 4.69) is 4.98 Å². The lowest BCUT2D eigenvalue weighted by Gasteiger charge is -2.32. The SMILES string of the molecule is O=C(O)C1CCCCN1C(=O)c1csc(-c2ccc(Cl)c(Cl)c2)n1. The van der Waals surface area contributed by atoms with Gasteiger partial charge in [-0.25, -0.2) is 9.78 Å². The predicted molar refractivity (Wildman–Crippen MR) is 93.9 cm³/mol. The van der Waals surface area contributed by atoms with Gasteiger partial charge in [0.25, 0.3) is 5.91 Å². The molecule has 1 aliphatic heterocycles. The number of hydrogen-bond donors (Lipinski definition) is 1. The number of aromatic nitrogens is 1. The minimum Gasteiger partial charge on any atom is -0.480 e. The number of halogens is 2. The fraction of sp³-hybridized carbons (Fsp3) is 0.312. The van der Waals surface area contributed by atoms with Crippen molar-refractivity contribution in [2.24, 2.45) is 0 Å². The number of carbonyl (C=O) groups is 2. The van der Waals surface area contributed by atoms with Gasteiger partial charge in [-0.1, -0.05) is 29.3 Å². The largest absolute Gasteiger partial charge is 0.480 e. The standard InChI is InChI=1S/C16H14Cl2N2O3S/c17-10-5-4-9(7-11(10)18)14-19-12(8-24-14)15(21)20-6-2-1-3-13(20)16(22)23/h4-5,7-8,13H,1-3,6H2,(H,22,23). The Morgan fingerprint density at radius 3 is 2.75 bits per heavy atom. The average Bonchev–Trinajstić information content (AvgIpc) is 3.06. The van der Waals surface area contributed by atoms with E-state index in [1.54, 1.807) is 23.6 Å². The lowest BCUT2D eigenvalue weighted by molar-refractivity contribution is -0.143. The fourth-order valence-corrected chi connectivity index (χ4v) is 3.80. The van der Waals surface area contributed by atoms with Gasteiger partial charge in [-0.3, -0.25) is 4.79 Å². The molecule has 1 aliphatic rings. The highest BCUT2D eigenvalue weighted by molar-refractivity contribution is 7.13. The molecular formula is C16H14Cl2N2O3S. The topological polar surface area (TPSA) is 70.5 Å². The highest BCUT2D eigenvalue weighted by atomic mass is 35.5. The second kappa shape index (κ2) is 7.09. The molecule has 1 aromatic carbocycles. The van der Waals surface area contributed by atoms with Crippen LogP contribution >= 0.6 is 34.5 Å². The predicted octanol–water partition coefficient (Wildman–Crippen LogP) is 4.20. The van der Waals surface area contributed by atoms with Gasteiger partial charge in [-0.15, -0.1) is 11.3 Å². The van der Waals surface area contributed by atoms with Crippen LogP contribution in [0.4, 0.5) is 0 Å². The molecule has 1 amide bonds. The van der Waals surface area contributed by atoms with Gasteiger partial charge >= 0.3 is 5.97 Å².